The van der Waals surface area contributed by atoms with E-state index in [1.54, 1.807) is 13.2 Å². The molecule has 0 N–H and O–H groups in total. The first kappa shape index (κ1) is 13.2. The zero-order valence-electron chi connectivity index (χ0n) is 8.11. The first-order valence-corrected chi connectivity index (χ1v) is 5.41. The Morgan fingerprint density at radius 1 is 1.57 bits per heavy atom. The summed E-state index contributed by atoms with van der Waals surface area (Å²) in [6, 6.07) is 0. The molecule has 0 unspecified atom stereocenters. The standard InChI is InChI=1S/C7H11ClN2O3S/c1-5(14-3)9-13-7(12)10(2)6(11)4-8/h4H2,1-3H3. The third-order valence-corrected chi connectivity index (χ3v) is 2.20. The third-order valence-electron chi connectivity index (χ3n) is 1.31. The van der Waals surface area contributed by atoms with Crippen LogP contribution in [0.5, 0.6) is 0 Å². The SMILES string of the molecule is CSC(C)=NOC(=O)N(C)C(=O)CCl. The van der Waals surface area contributed by atoms with Gasteiger partial charge in [0.25, 0.3) is 0 Å². The van der Waals surface area contributed by atoms with Gasteiger partial charge in [-0.1, -0.05) is 5.16 Å². The van der Waals surface area contributed by atoms with Crippen molar-refractivity contribution in [3.63, 3.8) is 0 Å². The zero-order chi connectivity index (χ0) is 11.1. The molecule has 0 spiro atoms. The topological polar surface area (TPSA) is 59.0 Å². The summed E-state index contributed by atoms with van der Waals surface area (Å²) in [5.74, 6) is -0.801. The molecule has 0 aliphatic rings. The van der Waals surface area contributed by atoms with Crippen molar-refractivity contribution in [2.24, 2.45) is 5.16 Å². The lowest BCUT2D eigenvalue weighted by molar-refractivity contribution is -0.125. The highest BCUT2D eigenvalue weighted by Crippen LogP contribution is 1.99. The number of amides is 2. The number of alkyl halides is 1. The quantitative estimate of drug-likeness (QED) is 0.241. The molecule has 0 radical (unpaired) electrons. The van der Waals surface area contributed by atoms with Crippen LogP contribution in [0.25, 0.3) is 0 Å². The fourth-order valence-electron chi connectivity index (χ4n) is 0.393. The van der Waals surface area contributed by atoms with Crippen LogP contribution in [0.15, 0.2) is 5.16 Å². The molecule has 0 aliphatic heterocycles. The van der Waals surface area contributed by atoms with Gasteiger partial charge in [-0.3, -0.25) is 9.63 Å². The van der Waals surface area contributed by atoms with E-state index in [0.717, 1.165) is 4.90 Å². The molecule has 5 nitrogen and oxygen atoms in total. The van der Waals surface area contributed by atoms with Crippen LogP contribution < -0.4 is 0 Å². The Morgan fingerprint density at radius 3 is 2.57 bits per heavy atom. The third kappa shape index (κ3) is 4.48. The number of halogens is 1. The molecular weight excluding hydrogens is 228 g/mol. The van der Waals surface area contributed by atoms with Crippen LogP contribution in [0.4, 0.5) is 4.79 Å². The fraction of sp³-hybridized carbons (Fsp3) is 0.571. The minimum atomic E-state index is -0.843. The van der Waals surface area contributed by atoms with Gasteiger partial charge in [0.15, 0.2) is 0 Å². The van der Waals surface area contributed by atoms with Crippen molar-refractivity contribution in [2.45, 2.75) is 6.92 Å². The molecule has 0 saturated heterocycles. The van der Waals surface area contributed by atoms with E-state index in [0.29, 0.717) is 5.04 Å². The van der Waals surface area contributed by atoms with Crippen molar-refractivity contribution in [3.05, 3.63) is 0 Å². The van der Waals surface area contributed by atoms with E-state index in [1.807, 2.05) is 0 Å². The van der Waals surface area contributed by atoms with E-state index in [-0.39, 0.29) is 5.88 Å². The summed E-state index contributed by atoms with van der Waals surface area (Å²) < 4.78 is 0. The zero-order valence-corrected chi connectivity index (χ0v) is 9.68. The Labute approximate surface area is 91.4 Å². The number of thioether (sulfide) groups is 1. The second-order valence-electron chi connectivity index (χ2n) is 2.26. The van der Waals surface area contributed by atoms with Gasteiger partial charge >= 0.3 is 6.09 Å². The number of carbonyl (C=O) groups is 2. The van der Waals surface area contributed by atoms with Crippen LogP contribution in [0.1, 0.15) is 6.92 Å². The number of rotatable bonds is 2. The lowest BCUT2D eigenvalue weighted by atomic mass is 10.6. The Hall–Kier alpha value is -0.750. The van der Waals surface area contributed by atoms with Gasteiger partial charge in [-0.2, -0.15) is 0 Å². The van der Waals surface area contributed by atoms with Crippen molar-refractivity contribution >= 4 is 40.4 Å². The minimum absolute atomic E-state index is 0.267. The average Bonchev–Trinajstić information content (AvgIpc) is 2.22. The number of oxime groups is 1. The fourth-order valence-corrected chi connectivity index (χ4v) is 0.684. The molecule has 0 bridgehead atoms. The second-order valence-corrected chi connectivity index (χ2v) is 3.52. The van der Waals surface area contributed by atoms with E-state index < -0.39 is 12.0 Å². The van der Waals surface area contributed by atoms with Gasteiger partial charge in [0.2, 0.25) is 5.91 Å². The summed E-state index contributed by atoms with van der Waals surface area (Å²) in [5, 5.41) is 4.06. The number of carbonyl (C=O) groups excluding carboxylic acids is 2. The number of hydrogen-bond acceptors (Lipinski definition) is 5. The molecule has 0 saturated carbocycles. The van der Waals surface area contributed by atoms with Gasteiger partial charge in [0.05, 0.1) is 0 Å². The maximum Gasteiger partial charge on any atom is 0.442 e. The molecule has 0 aromatic rings. The van der Waals surface area contributed by atoms with Crippen LogP contribution in [0.3, 0.4) is 0 Å². The summed E-state index contributed by atoms with van der Waals surface area (Å²) in [7, 11) is 1.27. The van der Waals surface area contributed by atoms with Gasteiger partial charge < -0.3 is 0 Å². The maximum absolute atomic E-state index is 11.1. The number of hydrogen-bond donors (Lipinski definition) is 0. The van der Waals surface area contributed by atoms with Crippen molar-refractivity contribution < 1.29 is 14.4 Å². The van der Waals surface area contributed by atoms with Crippen LogP contribution >= 0.6 is 23.4 Å². The van der Waals surface area contributed by atoms with E-state index in [1.165, 1.54) is 18.8 Å². The minimum Gasteiger partial charge on any atom is -0.297 e. The highest BCUT2D eigenvalue weighted by molar-refractivity contribution is 8.13. The summed E-state index contributed by atoms with van der Waals surface area (Å²) in [6.45, 7) is 1.68. The first-order valence-electron chi connectivity index (χ1n) is 3.65. The smallest absolute Gasteiger partial charge is 0.297 e. The van der Waals surface area contributed by atoms with Crippen molar-refractivity contribution in [1.82, 2.24) is 4.90 Å². The largest absolute Gasteiger partial charge is 0.442 e. The number of nitrogens with zero attached hydrogens (tertiary/aromatic N) is 2. The molecule has 0 atom stereocenters. The van der Waals surface area contributed by atoms with Crippen LogP contribution in [-0.4, -0.2) is 41.1 Å². The van der Waals surface area contributed by atoms with Crippen LogP contribution in [0.2, 0.25) is 0 Å². The average molecular weight is 239 g/mol. The predicted molar refractivity (Wildman–Crippen MR) is 56.6 cm³/mol. The maximum atomic E-state index is 11.1. The highest BCUT2D eigenvalue weighted by atomic mass is 35.5. The number of imide groups is 1. The molecule has 0 aliphatic carbocycles. The van der Waals surface area contributed by atoms with Gasteiger partial charge in [-0.15, -0.1) is 23.4 Å². The van der Waals surface area contributed by atoms with E-state index >= 15 is 0 Å². The summed E-state index contributed by atoms with van der Waals surface area (Å²) >= 11 is 6.58. The van der Waals surface area contributed by atoms with Gasteiger partial charge in [0.1, 0.15) is 10.9 Å². The summed E-state index contributed by atoms with van der Waals surface area (Å²) in [4.78, 5) is 27.2. The van der Waals surface area contributed by atoms with Gasteiger partial charge in [-0.25, -0.2) is 9.69 Å². The Kier molecular flexibility index (Phi) is 6.31. The van der Waals surface area contributed by atoms with E-state index in [4.69, 9.17) is 11.6 Å². The van der Waals surface area contributed by atoms with Crippen LogP contribution in [-0.2, 0) is 9.63 Å². The molecule has 14 heavy (non-hydrogen) atoms. The Balaban J connectivity index is 4.15. The molecule has 80 valence electrons. The lowest BCUT2D eigenvalue weighted by Gasteiger charge is -2.10. The first-order chi connectivity index (χ1) is 6.52. The van der Waals surface area contributed by atoms with Crippen molar-refractivity contribution in [1.29, 1.82) is 0 Å². The Bertz CT molecular complexity index is 257. The molecule has 7 heteroatoms. The van der Waals surface area contributed by atoms with Gasteiger partial charge in [-0.05, 0) is 13.2 Å². The van der Waals surface area contributed by atoms with Crippen molar-refractivity contribution in [2.75, 3.05) is 19.2 Å². The van der Waals surface area contributed by atoms with Gasteiger partial charge in [0, 0.05) is 7.05 Å². The second kappa shape index (κ2) is 6.67. The van der Waals surface area contributed by atoms with Crippen LogP contribution in [0, 0.1) is 0 Å². The summed E-state index contributed by atoms with van der Waals surface area (Å²) in [5.41, 5.74) is 0. The molecule has 0 aromatic heterocycles. The molecular formula is C7H11ClN2O3S. The van der Waals surface area contributed by atoms with E-state index in [2.05, 4.69) is 9.99 Å². The lowest BCUT2D eigenvalue weighted by Crippen LogP contribution is -2.33. The molecule has 0 rings (SSSR count). The Morgan fingerprint density at radius 2 is 2.14 bits per heavy atom. The predicted octanol–water partition coefficient (Wildman–Crippen LogP) is 1.52. The van der Waals surface area contributed by atoms with E-state index in [9.17, 15) is 9.59 Å². The highest BCUT2D eigenvalue weighted by Gasteiger charge is 2.17. The molecule has 0 heterocycles. The van der Waals surface area contributed by atoms with Crippen molar-refractivity contribution in [3.8, 4) is 0 Å². The molecule has 0 fully saturated rings. The summed E-state index contributed by atoms with van der Waals surface area (Å²) in [6.07, 6.45) is 0.948. The monoisotopic (exact) mass is 238 g/mol. The normalized spacial score (nSPS) is 11.0. The molecule has 2 amide bonds. The molecule has 0 aromatic carbocycles.